The third-order valence-corrected chi connectivity index (χ3v) is 4.03. The van der Waals surface area contributed by atoms with Gasteiger partial charge < -0.3 is 9.84 Å². The van der Waals surface area contributed by atoms with Gasteiger partial charge in [-0.3, -0.25) is 9.48 Å². The molecule has 25 heavy (non-hydrogen) atoms. The van der Waals surface area contributed by atoms with Gasteiger partial charge in [0.15, 0.2) is 11.5 Å². The third kappa shape index (κ3) is 4.80. The van der Waals surface area contributed by atoms with Crippen LogP contribution in [-0.2, 0) is 23.9 Å². The Morgan fingerprint density at radius 2 is 2.08 bits per heavy atom. The fourth-order valence-corrected chi connectivity index (χ4v) is 2.83. The Kier molecular flexibility index (Phi) is 5.05. The van der Waals surface area contributed by atoms with Crippen LogP contribution in [-0.4, -0.2) is 31.9 Å². The van der Waals surface area contributed by atoms with Crippen molar-refractivity contribution in [2.24, 2.45) is 0 Å². The minimum absolute atomic E-state index is 0.0209. The van der Waals surface area contributed by atoms with Gasteiger partial charge in [-0.2, -0.15) is 23.3 Å². The smallest absolute Gasteiger partial charge is 0.353 e. The molecule has 2 aromatic rings. The van der Waals surface area contributed by atoms with Crippen molar-refractivity contribution in [1.82, 2.24) is 25.2 Å². The molecular formula is C15H18F3N5O2. The van der Waals surface area contributed by atoms with Crippen LogP contribution in [0.3, 0.4) is 0 Å². The lowest BCUT2D eigenvalue weighted by Crippen LogP contribution is -2.37. The van der Waals surface area contributed by atoms with Crippen molar-refractivity contribution in [3.8, 4) is 0 Å². The fraction of sp³-hybridized carbons (Fsp3) is 0.600. The van der Waals surface area contributed by atoms with Crippen LogP contribution in [0.1, 0.15) is 49.5 Å². The largest absolute Gasteiger partial charge is 0.435 e. The minimum Gasteiger partial charge on any atom is -0.353 e. The predicted molar refractivity (Wildman–Crippen MR) is 79.3 cm³/mol. The van der Waals surface area contributed by atoms with E-state index in [1.807, 2.05) is 0 Å². The monoisotopic (exact) mass is 357 g/mol. The summed E-state index contributed by atoms with van der Waals surface area (Å²) in [6.45, 7) is -0.0900. The normalized spacial score (nSPS) is 16.1. The highest BCUT2D eigenvalue weighted by Gasteiger charge is 2.33. The first-order valence-electron chi connectivity index (χ1n) is 8.11. The maximum Gasteiger partial charge on any atom is 0.435 e. The Balaban J connectivity index is 1.53. The Bertz CT molecular complexity index is 719. The maximum absolute atomic E-state index is 12.5. The Morgan fingerprint density at radius 3 is 2.76 bits per heavy atom. The van der Waals surface area contributed by atoms with Crippen molar-refractivity contribution in [1.29, 1.82) is 0 Å². The molecule has 1 aliphatic rings. The molecular weight excluding hydrogens is 339 g/mol. The second-order valence-electron chi connectivity index (χ2n) is 6.08. The number of aromatic nitrogens is 4. The standard InChI is InChI=1S/C15H18F3N5O2/c16-15(17,18)11-6-7-23(21-11)9-14-20-12(22-25-14)8-13(24)19-10-4-2-1-3-5-10/h6-7,10H,1-5,8-9H2,(H,19,24). The molecule has 0 atom stereocenters. The molecule has 2 aromatic heterocycles. The Morgan fingerprint density at radius 1 is 1.32 bits per heavy atom. The van der Waals surface area contributed by atoms with Crippen molar-refractivity contribution in [2.45, 2.75) is 57.3 Å². The zero-order valence-corrected chi connectivity index (χ0v) is 13.4. The van der Waals surface area contributed by atoms with E-state index in [0.29, 0.717) is 0 Å². The van der Waals surface area contributed by atoms with Crippen LogP contribution in [0.4, 0.5) is 13.2 Å². The maximum atomic E-state index is 12.5. The molecule has 1 saturated carbocycles. The minimum atomic E-state index is -4.50. The molecule has 0 radical (unpaired) electrons. The molecule has 136 valence electrons. The summed E-state index contributed by atoms with van der Waals surface area (Å²) in [5, 5.41) is 10.0. The van der Waals surface area contributed by atoms with Gasteiger partial charge in [-0.25, -0.2) is 0 Å². The number of alkyl halides is 3. The van der Waals surface area contributed by atoms with E-state index in [0.717, 1.165) is 36.4 Å². The number of hydrogen-bond donors (Lipinski definition) is 1. The summed E-state index contributed by atoms with van der Waals surface area (Å²) >= 11 is 0. The number of halogens is 3. The number of carbonyl (C=O) groups excluding carboxylic acids is 1. The Labute approximate surface area is 141 Å². The van der Waals surface area contributed by atoms with Crippen LogP contribution < -0.4 is 5.32 Å². The lowest BCUT2D eigenvalue weighted by atomic mass is 9.95. The van der Waals surface area contributed by atoms with Gasteiger partial charge in [-0.05, 0) is 18.9 Å². The van der Waals surface area contributed by atoms with E-state index < -0.39 is 11.9 Å². The number of carbonyl (C=O) groups is 1. The molecule has 0 saturated heterocycles. The van der Waals surface area contributed by atoms with Crippen molar-refractivity contribution < 1.29 is 22.5 Å². The number of nitrogens with one attached hydrogen (secondary N) is 1. The molecule has 0 bridgehead atoms. The average molecular weight is 357 g/mol. The Hall–Kier alpha value is -2.39. The summed E-state index contributed by atoms with van der Waals surface area (Å²) in [6, 6.07) is 1.06. The van der Waals surface area contributed by atoms with Crippen LogP contribution in [0.2, 0.25) is 0 Å². The first-order valence-corrected chi connectivity index (χ1v) is 8.11. The van der Waals surface area contributed by atoms with Crippen LogP contribution in [0.5, 0.6) is 0 Å². The molecule has 1 amide bonds. The number of nitrogens with zero attached hydrogens (tertiary/aromatic N) is 4. The quantitative estimate of drug-likeness (QED) is 0.888. The molecule has 1 N–H and O–H groups in total. The average Bonchev–Trinajstić information content (AvgIpc) is 3.18. The molecule has 0 spiro atoms. The van der Waals surface area contributed by atoms with E-state index in [-0.39, 0.29) is 36.6 Å². The molecule has 2 heterocycles. The molecule has 0 aliphatic heterocycles. The molecule has 1 aliphatic carbocycles. The van der Waals surface area contributed by atoms with Crippen LogP contribution >= 0.6 is 0 Å². The molecule has 3 rings (SSSR count). The number of rotatable bonds is 5. The van der Waals surface area contributed by atoms with Crippen molar-refractivity contribution in [2.75, 3.05) is 0 Å². The number of amides is 1. The van der Waals surface area contributed by atoms with Crippen molar-refractivity contribution >= 4 is 5.91 Å². The lowest BCUT2D eigenvalue weighted by molar-refractivity contribution is -0.141. The van der Waals surface area contributed by atoms with Crippen LogP contribution in [0, 0.1) is 0 Å². The summed E-state index contributed by atoms with van der Waals surface area (Å²) in [6.07, 6.45) is 2.04. The van der Waals surface area contributed by atoms with Gasteiger partial charge >= 0.3 is 6.18 Å². The number of hydrogen-bond acceptors (Lipinski definition) is 5. The van der Waals surface area contributed by atoms with Gasteiger partial charge in [0.25, 0.3) is 0 Å². The van der Waals surface area contributed by atoms with E-state index in [9.17, 15) is 18.0 Å². The van der Waals surface area contributed by atoms with E-state index in [2.05, 4.69) is 20.6 Å². The highest BCUT2D eigenvalue weighted by molar-refractivity contribution is 5.78. The van der Waals surface area contributed by atoms with Gasteiger partial charge in [0.1, 0.15) is 6.54 Å². The van der Waals surface area contributed by atoms with Crippen molar-refractivity contribution in [3.05, 3.63) is 29.7 Å². The third-order valence-electron chi connectivity index (χ3n) is 4.03. The van der Waals surface area contributed by atoms with Gasteiger partial charge in [0, 0.05) is 12.2 Å². The van der Waals surface area contributed by atoms with Gasteiger partial charge in [-0.1, -0.05) is 24.4 Å². The highest BCUT2D eigenvalue weighted by atomic mass is 19.4. The van der Waals surface area contributed by atoms with E-state index in [4.69, 9.17) is 4.52 Å². The van der Waals surface area contributed by atoms with Gasteiger partial charge in [0.2, 0.25) is 11.8 Å². The summed E-state index contributed by atoms with van der Waals surface area (Å²) in [4.78, 5) is 16.0. The molecule has 7 nitrogen and oxygen atoms in total. The summed E-state index contributed by atoms with van der Waals surface area (Å²) in [7, 11) is 0. The molecule has 10 heteroatoms. The second-order valence-corrected chi connectivity index (χ2v) is 6.08. The van der Waals surface area contributed by atoms with Crippen molar-refractivity contribution in [3.63, 3.8) is 0 Å². The van der Waals surface area contributed by atoms with E-state index in [1.54, 1.807) is 0 Å². The summed E-state index contributed by atoms with van der Waals surface area (Å²) < 4.78 is 43.6. The molecule has 1 fully saturated rings. The zero-order valence-electron chi connectivity index (χ0n) is 13.4. The van der Waals surface area contributed by atoms with Gasteiger partial charge in [-0.15, -0.1) is 0 Å². The SMILES string of the molecule is O=C(Cc1noc(Cn2ccc(C(F)(F)F)n2)n1)NC1CCCCC1. The predicted octanol–water partition coefficient (Wildman–Crippen LogP) is 2.32. The molecule has 0 aromatic carbocycles. The van der Waals surface area contributed by atoms with E-state index >= 15 is 0 Å². The summed E-state index contributed by atoms with van der Waals surface area (Å²) in [5.41, 5.74) is -0.987. The lowest BCUT2D eigenvalue weighted by Gasteiger charge is -2.22. The first-order chi connectivity index (χ1) is 11.9. The highest BCUT2D eigenvalue weighted by Crippen LogP contribution is 2.27. The zero-order chi connectivity index (χ0) is 17.9. The van der Waals surface area contributed by atoms with Crippen LogP contribution in [0.15, 0.2) is 16.8 Å². The topological polar surface area (TPSA) is 85.8 Å². The van der Waals surface area contributed by atoms with E-state index in [1.165, 1.54) is 12.6 Å². The van der Waals surface area contributed by atoms with Gasteiger partial charge in [0.05, 0.1) is 6.42 Å². The summed E-state index contributed by atoms with van der Waals surface area (Å²) in [5.74, 6) is 0.112. The van der Waals surface area contributed by atoms with Crippen LogP contribution in [0.25, 0.3) is 0 Å². The fourth-order valence-electron chi connectivity index (χ4n) is 2.83. The molecule has 0 unspecified atom stereocenters. The second kappa shape index (κ2) is 7.24. The first kappa shape index (κ1) is 17.4.